The summed E-state index contributed by atoms with van der Waals surface area (Å²) in [6, 6.07) is 13.5. The SMILES string of the molecule is CNN(c1ccccc1)c1ccc(NS(C)(=O)=O)cc1NS(N)(=O)=O. The van der Waals surface area contributed by atoms with Crippen LogP contribution in [0.3, 0.4) is 0 Å². The maximum Gasteiger partial charge on any atom is 0.296 e. The average molecular weight is 385 g/mol. The van der Waals surface area contributed by atoms with Gasteiger partial charge in [0.15, 0.2) is 0 Å². The molecule has 0 unspecified atom stereocenters. The normalized spacial score (nSPS) is 11.8. The number of para-hydroxylation sites is 1. The fourth-order valence-corrected chi connectivity index (χ4v) is 3.23. The van der Waals surface area contributed by atoms with E-state index >= 15 is 0 Å². The number of nitrogens with one attached hydrogen (secondary N) is 3. The maximum absolute atomic E-state index is 11.5. The van der Waals surface area contributed by atoms with Crippen LogP contribution in [0.15, 0.2) is 48.5 Å². The van der Waals surface area contributed by atoms with E-state index in [-0.39, 0.29) is 11.4 Å². The molecule has 0 aliphatic carbocycles. The molecule has 2 aromatic carbocycles. The Morgan fingerprint density at radius 2 is 1.60 bits per heavy atom. The minimum absolute atomic E-state index is 0.106. The molecule has 0 aliphatic heterocycles. The highest BCUT2D eigenvalue weighted by atomic mass is 32.2. The number of nitrogens with zero attached hydrogens (tertiary/aromatic N) is 1. The molecule has 0 aliphatic rings. The Morgan fingerprint density at radius 3 is 2.12 bits per heavy atom. The third-order valence-corrected chi connectivity index (χ3v) is 4.14. The number of hydrogen-bond acceptors (Lipinski definition) is 6. The van der Waals surface area contributed by atoms with Crippen molar-refractivity contribution in [2.45, 2.75) is 0 Å². The van der Waals surface area contributed by atoms with Crippen molar-refractivity contribution in [2.75, 3.05) is 27.8 Å². The van der Waals surface area contributed by atoms with Crippen molar-refractivity contribution in [3.8, 4) is 0 Å². The Balaban J connectivity index is 2.55. The monoisotopic (exact) mass is 385 g/mol. The number of rotatable bonds is 7. The summed E-state index contributed by atoms with van der Waals surface area (Å²) < 4.78 is 50.2. The number of nitrogens with two attached hydrogens (primary N) is 1. The van der Waals surface area contributed by atoms with E-state index < -0.39 is 20.2 Å². The van der Waals surface area contributed by atoms with Gasteiger partial charge in [-0.2, -0.15) is 8.42 Å². The van der Waals surface area contributed by atoms with Crippen LogP contribution < -0.4 is 25.0 Å². The van der Waals surface area contributed by atoms with Gasteiger partial charge in [0.25, 0.3) is 10.2 Å². The topological polar surface area (TPSA) is 134 Å². The molecular formula is C14H19N5O4S2. The molecule has 11 heteroatoms. The molecule has 0 aromatic heterocycles. The van der Waals surface area contributed by atoms with Crippen LogP contribution in [0.1, 0.15) is 0 Å². The van der Waals surface area contributed by atoms with Gasteiger partial charge in [-0.1, -0.05) is 18.2 Å². The van der Waals surface area contributed by atoms with Crippen LogP contribution in [0, 0.1) is 0 Å². The second-order valence-corrected chi connectivity index (χ2v) is 8.19. The van der Waals surface area contributed by atoms with E-state index in [1.54, 1.807) is 18.1 Å². The molecule has 2 rings (SSSR count). The van der Waals surface area contributed by atoms with Crippen molar-refractivity contribution in [3.63, 3.8) is 0 Å². The third-order valence-electron chi connectivity index (χ3n) is 3.03. The zero-order valence-electron chi connectivity index (χ0n) is 13.6. The minimum atomic E-state index is -4.07. The van der Waals surface area contributed by atoms with Crippen molar-refractivity contribution in [1.29, 1.82) is 0 Å². The lowest BCUT2D eigenvalue weighted by atomic mass is 10.2. The van der Waals surface area contributed by atoms with Gasteiger partial charge >= 0.3 is 0 Å². The van der Waals surface area contributed by atoms with Crippen molar-refractivity contribution in [2.24, 2.45) is 5.14 Å². The Bertz CT molecular complexity index is 946. The number of hydrogen-bond donors (Lipinski definition) is 4. The highest BCUT2D eigenvalue weighted by Gasteiger charge is 2.16. The first-order valence-electron chi connectivity index (χ1n) is 7.04. The van der Waals surface area contributed by atoms with Crippen molar-refractivity contribution in [1.82, 2.24) is 5.43 Å². The zero-order chi connectivity index (χ0) is 18.7. The fourth-order valence-electron chi connectivity index (χ4n) is 2.21. The largest absolute Gasteiger partial charge is 0.296 e. The quantitative estimate of drug-likeness (QED) is 0.524. The summed E-state index contributed by atoms with van der Waals surface area (Å²) in [6.45, 7) is 0. The van der Waals surface area contributed by atoms with Gasteiger partial charge in [0.05, 0.1) is 29.0 Å². The van der Waals surface area contributed by atoms with E-state index in [1.807, 2.05) is 30.3 Å². The average Bonchev–Trinajstić information content (AvgIpc) is 2.48. The molecule has 5 N–H and O–H groups in total. The van der Waals surface area contributed by atoms with Crippen LogP contribution in [-0.2, 0) is 20.2 Å². The van der Waals surface area contributed by atoms with Crippen LogP contribution in [-0.4, -0.2) is 30.1 Å². The summed E-state index contributed by atoms with van der Waals surface area (Å²) in [6.07, 6.45) is 0.998. The smallest absolute Gasteiger partial charge is 0.284 e. The Labute approximate surface area is 147 Å². The Morgan fingerprint density at radius 1 is 0.960 bits per heavy atom. The van der Waals surface area contributed by atoms with Crippen LogP contribution in [0.4, 0.5) is 22.7 Å². The van der Waals surface area contributed by atoms with Gasteiger partial charge in [0, 0.05) is 7.05 Å². The molecule has 0 saturated carbocycles. The summed E-state index contributed by atoms with van der Waals surface area (Å²) in [7, 11) is -5.92. The minimum Gasteiger partial charge on any atom is -0.284 e. The number of hydrazine groups is 1. The van der Waals surface area contributed by atoms with Crippen LogP contribution >= 0.6 is 0 Å². The van der Waals surface area contributed by atoms with E-state index in [0.29, 0.717) is 5.69 Å². The van der Waals surface area contributed by atoms with E-state index in [4.69, 9.17) is 5.14 Å². The lowest BCUT2D eigenvalue weighted by Crippen LogP contribution is -2.32. The van der Waals surface area contributed by atoms with Gasteiger partial charge in [-0.05, 0) is 30.3 Å². The van der Waals surface area contributed by atoms with Gasteiger partial charge in [-0.25, -0.2) is 19.0 Å². The molecule has 0 heterocycles. The summed E-state index contributed by atoms with van der Waals surface area (Å²) in [5.74, 6) is 0. The number of sulfonamides is 1. The standard InChI is InChI=1S/C14H19N5O4S2/c1-16-19(12-6-4-3-5-7-12)14-9-8-11(17-24(2,20)21)10-13(14)18-25(15,22)23/h3-10,16-18H,1-2H3,(H2,15,22,23). The first-order valence-corrected chi connectivity index (χ1v) is 10.5. The van der Waals surface area contributed by atoms with E-state index in [9.17, 15) is 16.8 Å². The van der Waals surface area contributed by atoms with Gasteiger partial charge in [-0.3, -0.25) is 14.5 Å². The molecule has 0 spiro atoms. The van der Waals surface area contributed by atoms with Gasteiger partial charge in [-0.15, -0.1) is 0 Å². The molecule has 0 amide bonds. The van der Waals surface area contributed by atoms with Gasteiger partial charge in [0.2, 0.25) is 10.0 Å². The van der Waals surface area contributed by atoms with Crippen molar-refractivity contribution < 1.29 is 16.8 Å². The summed E-state index contributed by atoms with van der Waals surface area (Å²) in [5.41, 5.74) is 4.42. The molecule has 0 atom stereocenters. The fraction of sp³-hybridized carbons (Fsp3) is 0.143. The lowest BCUT2D eigenvalue weighted by molar-refractivity contribution is 0.602. The molecule has 0 bridgehead atoms. The molecule has 0 fully saturated rings. The molecule has 9 nitrogen and oxygen atoms in total. The molecule has 136 valence electrons. The first kappa shape index (κ1) is 19.0. The maximum atomic E-state index is 11.5. The molecule has 25 heavy (non-hydrogen) atoms. The third kappa shape index (κ3) is 5.60. The van der Waals surface area contributed by atoms with Crippen molar-refractivity contribution >= 4 is 43.0 Å². The van der Waals surface area contributed by atoms with E-state index in [0.717, 1.165) is 11.9 Å². The predicted octanol–water partition coefficient (Wildman–Crippen LogP) is 0.946. The Hall–Kier alpha value is -2.34. The highest BCUT2D eigenvalue weighted by molar-refractivity contribution is 7.92. The van der Waals surface area contributed by atoms with E-state index in [1.165, 1.54) is 12.1 Å². The second-order valence-electron chi connectivity index (χ2n) is 5.15. The van der Waals surface area contributed by atoms with Crippen LogP contribution in [0.2, 0.25) is 0 Å². The number of benzene rings is 2. The second kappa shape index (κ2) is 7.27. The van der Waals surface area contributed by atoms with Crippen molar-refractivity contribution in [3.05, 3.63) is 48.5 Å². The number of anilines is 4. The van der Waals surface area contributed by atoms with Gasteiger partial charge in [0.1, 0.15) is 0 Å². The summed E-state index contributed by atoms with van der Waals surface area (Å²) >= 11 is 0. The highest BCUT2D eigenvalue weighted by Crippen LogP contribution is 2.33. The lowest BCUT2D eigenvalue weighted by Gasteiger charge is -2.26. The molecule has 0 radical (unpaired) electrons. The Kier molecular flexibility index (Phi) is 5.52. The zero-order valence-corrected chi connectivity index (χ0v) is 15.2. The predicted molar refractivity (Wildman–Crippen MR) is 99.3 cm³/mol. The molecular weight excluding hydrogens is 366 g/mol. The first-order chi connectivity index (χ1) is 11.6. The van der Waals surface area contributed by atoms with Gasteiger partial charge < -0.3 is 0 Å². The summed E-state index contributed by atoms with van der Waals surface area (Å²) in [5, 5.41) is 6.70. The van der Waals surface area contributed by atoms with Crippen LogP contribution in [0.25, 0.3) is 0 Å². The molecule has 2 aromatic rings. The molecule has 0 saturated heterocycles. The van der Waals surface area contributed by atoms with Crippen LogP contribution in [0.5, 0.6) is 0 Å². The van der Waals surface area contributed by atoms with E-state index in [2.05, 4.69) is 14.9 Å². The summed E-state index contributed by atoms with van der Waals surface area (Å²) in [4.78, 5) is 0.